The molecular formula is C20H24BrN5O4S. The fourth-order valence-electron chi connectivity index (χ4n) is 3.05. The van der Waals surface area contributed by atoms with Crippen molar-refractivity contribution in [3.63, 3.8) is 0 Å². The van der Waals surface area contributed by atoms with Gasteiger partial charge >= 0.3 is 12.1 Å². The lowest BCUT2D eigenvalue weighted by Crippen LogP contribution is -2.51. The minimum absolute atomic E-state index is 0.111. The van der Waals surface area contributed by atoms with Gasteiger partial charge in [0.2, 0.25) is 5.91 Å². The van der Waals surface area contributed by atoms with Gasteiger partial charge in [0.15, 0.2) is 5.13 Å². The molecule has 31 heavy (non-hydrogen) atoms. The molecule has 1 saturated heterocycles. The molecule has 0 aliphatic carbocycles. The van der Waals surface area contributed by atoms with Gasteiger partial charge in [-0.3, -0.25) is 10.1 Å². The smallest absolute Gasteiger partial charge is 0.409 e. The number of ether oxygens (including phenoxy) is 1. The number of thiazole rings is 1. The molecule has 0 radical (unpaired) electrons. The fraction of sp³-hybridized carbons (Fsp3) is 0.400. The predicted molar refractivity (Wildman–Crippen MR) is 123 cm³/mol. The number of amides is 4. The van der Waals surface area contributed by atoms with Gasteiger partial charge in [0.25, 0.3) is 0 Å². The third-order valence-electron chi connectivity index (χ3n) is 4.66. The average molecular weight is 510 g/mol. The molecular weight excluding hydrogens is 486 g/mol. The number of nitrogens with zero attached hydrogens (tertiary/aromatic N) is 3. The van der Waals surface area contributed by atoms with Crippen LogP contribution in [0.2, 0.25) is 0 Å². The van der Waals surface area contributed by atoms with Crippen LogP contribution in [0.5, 0.6) is 0 Å². The predicted octanol–water partition coefficient (Wildman–Crippen LogP) is 3.70. The number of hydrogen-bond acceptors (Lipinski definition) is 6. The van der Waals surface area contributed by atoms with Crippen LogP contribution in [-0.2, 0) is 16.0 Å². The van der Waals surface area contributed by atoms with Gasteiger partial charge in [-0.25, -0.2) is 14.6 Å². The first-order chi connectivity index (χ1) is 14.9. The Kier molecular flexibility index (Phi) is 7.85. The Balaban J connectivity index is 1.48. The number of carbonyl (C=O) groups is 3. The van der Waals surface area contributed by atoms with E-state index in [0.717, 1.165) is 15.7 Å². The molecule has 2 heterocycles. The van der Waals surface area contributed by atoms with Crippen LogP contribution in [0.25, 0.3) is 0 Å². The van der Waals surface area contributed by atoms with Gasteiger partial charge in [-0.1, -0.05) is 15.9 Å². The van der Waals surface area contributed by atoms with Gasteiger partial charge in [-0.05, 0) is 37.6 Å². The molecule has 4 amide bonds. The van der Waals surface area contributed by atoms with Crippen LogP contribution < -0.4 is 10.6 Å². The molecule has 9 nitrogen and oxygen atoms in total. The third-order valence-corrected chi connectivity index (χ3v) is 5.96. The number of aromatic nitrogens is 1. The fourth-order valence-corrected chi connectivity index (χ4v) is 4.22. The van der Waals surface area contributed by atoms with Crippen LogP contribution in [0.15, 0.2) is 28.1 Å². The van der Waals surface area contributed by atoms with E-state index in [9.17, 15) is 14.4 Å². The Labute approximate surface area is 192 Å². The molecule has 0 saturated carbocycles. The lowest BCUT2D eigenvalue weighted by molar-refractivity contribution is -0.115. The molecule has 1 aromatic heterocycles. The summed E-state index contributed by atoms with van der Waals surface area (Å²) in [5.41, 5.74) is 2.29. The van der Waals surface area contributed by atoms with Gasteiger partial charge in [0, 0.05) is 41.7 Å². The number of anilines is 2. The molecule has 166 valence electrons. The van der Waals surface area contributed by atoms with Crippen molar-refractivity contribution in [2.75, 3.05) is 43.4 Å². The maximum atomic E-state index is 12.5. The van der Waals surface area contributed by atoms with Crippen LogP contribution in [0.4, 0.5) is 20.4 Å². The molecule has 0 unspecified atom stereocenters. The molecule has 2 N–H and O–H groups in total. The number of benzene rings is 1. The van der Waals surface area contributed by atoms with Crippen LogP contribution in [0.1, 0.15) is 18.2 Å². The second kappa shape index (κ2) is 10.6. The molecule has 0 spiro atoms. The van der Waals surface area contributed by atoms with Crippen molar-refractivity contribution in [1.82, 2.24) is 14.8 Å². The van der Waals surface area contributed by atoms with Crippen molar-refractivity contribution in [2.24, 2.45) is 0 Å². The number of hydrogen-bond donors (Lipinski definition) is 2. The SMILES string of the molecule is CCOC(=O)N1CCN(C(=O)Nc2nc(CC(=O)Nc3ccc(Br)cc3C)cs2)CC1. The number of carbonyl (C=O) groups excluding carboxylic acids is 3. The van der Waals surface area contributed by atoms with Gasteiger partial charge in [0.1, 0.15) is 0 Å². The summed E-state index contributed by atoms with van der Waals surface area (Å²) in [6.07, 6.45) is -0.246. The largest absolute Gasteiger partial charge is 0.450 e. The number of nitrogens with one attached hydrogen (secondary N) is 2. The van der Waals surface area contributed by atoms with Crippen LogP contribution >= 0.6 is 27.3 Å². The van der Waals surface area contributed by atoms with Crippen molar-refractivity contribution >= 4 is 56.1 Å². The highest BCUT2D eigenvalue weighted by Gasteiger charge is 2.25. The highest BCUT2D eigenvalue weighted by atomic mass is 79.9. The summed E-state index contributed by atoms with van der Waals surface area (Å²) in [5.74, 6) is -0.177. The lowest BCUT2D eigenvalue weighted by Gasteiger charge is -2.33. The minimum Gasteiger partial charge on any atom is -0.450 e. The standard InChI is InChI=1S/C20H24BrN5O4S/c1-3-30-20(29)26-8-6-25(7-9-26)19(28)24-18-22-15(12-31-18)11-17(27)23-16-5-4-14(21)10-13(16)2/h4-5,10,12H,3,6-9,11H2,1-2H3,(H,23,27)(H,22,24,28). The number of rotatable bonds is 5. The van der Waals surface area contributed by atoms with Crippen molar-refractivity contribution < 1.29 is 19.1 Å². The molecule has 3 rings (SSSR count). The first-order valence-corrected chi connectivity index (χ1v) is 11.5. The molecule has 11 heteroatoms. The number of aryl methyl sites for hydroxylation is 1. The summed E-state index contributed by atoms with van der Waals surface area (Å²) in [6.45, 7) is 5.68. The average Bonchev–Trinajstić information content (AvgIpc) is 3.17. The van der Waals surface area contributed by atoms with Crippen molar-refractivity contribution in [2.45, 2.75) is 20.3 Å². The van der Waals surface area contributed by atoms with E-state index in [2.05, 4.69) is 31.5 Å². The summed E-state index contributed by atoms with van der Waals surface area (Å²) < 4.78 is 5.93. The monoisotopic (exact) mass is 509 g/mol. The Bertz CT molecular complexity index is 959. The normalized spacial score (nSPS) is 13.6. The van der Waals surface area contributed by atoms with E-state index in [1.54, 1.807) is 22.1 Å². The summed E-state index contributed by atoms with van der Waals surface area (Å²) in [7, 11) is 0. The summed E-state index contributed by atoms with van der Waals surface area (Å²) in [6, 6.07) is 5.36. The maximum absolute atomic E-state index is 12.5. The van der Waals surface area contributed by atoms with E-state index in [1.807, 2.05) is 25.1 Å². The Hall–Kier alpha value is -2.66. The molecule has 1 aromatic carbocycles. The molecule has 0 bridgehead atoms. The first kappa shape index (κ1) is 23.0. The van der Waals surface area contributed by atoms with E-state index in [-0.39, 0.29) is 24.5 Å². The minimum atomic E-state index is -0.358. The zero-order chi connectivity index (χ0) is 22.4. The third kappa shape index (κ3) is 6.41. The maximum Gasteiger partial charge on any atom is 0.409 e. The molecule has 1 fully saturated rings. The highest BCUT2D eigenvalue weighted by Crippen LogP contribution is 2.21. The van der Waals surface area contributed by atoms with Crippen molar-refractivity contribution in [1.29, 1.82) is 0 Å². The Morgan fingerprint density at radius 1 is 1.16 bits per heavy atom. The van der Waals surface area contributed by atoms with Crippen LogP contribution in [0, 0.1) is 6.92 Å². The quantitative estimate of drug-likeness (QED) is 0.639. The van der Waals surface area contributed by atoms with Gasteiger partial charge in [-0.2, -0.15) is 0 Å². The number of halogens is 1. The molecule has 1 aliphatic rings. The van der Waals surface area contributed by atoms with E-state index in [1.165, 1.54) is 11.3 Å². The van der Waals surface area contributed by atoms with E-state index < -0.39 is 0 Å². The molecule has 0 atom stereocenters. The van der Waals surface area contributed by atoms with E-state index in [4.69, 9.17) is 4.74 Å². The van der Waals surface area contributed by atoms with Gasteiger partial charge in [-0.15, -0.1) is 11.3 Å². The lowest BCUT2D eigenvalue weighted by atomic mass is 10.2. The zero-order valence-electron chi connectivity index (χ0n) is 17.3. The Morgan fingerprint density at radius 3 is 2.55 bits per heavy atom. The Morgan fingerprint density at radius 2 is 1.87 bits per heavy atom. The first-order valence-electron chi connectivity index (χ1n) is 9.83. The topological polar surface area (TPSA) is 104 Å². The zero-order valence-corrected chi connectivity index (χ0v) is 19.7. The van der Waals surface area contributed by atoms with Gasteiger partial charge in [0.05, 0.1) is 18.7 Å². The number of piperazine rings is 1. The highest BCUT2D eigenvalue weighted by molar-refractivity contribution is 9.10. The van der Waals surface area contributed by atoms with Crippen LogP contribution in [-0.4, -0.2) is 65.6 Å². The molecule has 1 aliphatic heterocycles. The summed E-state index contributed by atoms with van der Waals surface area (Å²) >= 11 is 4.67. The van der Waals surface area contributed by atoms with E-state index >= 15 is 0 Å². The van der Waals surface area contributed by atoms with E-state index in [0.29, 0.717) is 43.6 Å². The number of urea groups is 1. The van der Waals surface area contributed by atoms with Crippen molar-refractivity contribution in [3.05, 3.63) is 39.3 Å². The van der Waals surface area contributed by atoms with Gasteiger partial charge < -0.3 is 19.9 Å². The summed E-state index contributed by atoms with van der Waals surface area (Å²) in [4.78, 5) is 44.1. The van der Waals surface area contributed by atoms with Crippen molar-refractivity contribution in [3.8, 4) is 0 Å². The summed E-state index contributed by atoms with van der Waals surface area (Å²) in [5, 5.41) is 7.82. The second-order valence-electron chi connectivity index (χ2n) is 6.93. The molecule has 2 aromatic rings. The van der Waals surface area contributed by atoms with Crippen LogP contribution in [0.3, 0.4) is 0 Å². The second-order valence-corrected chi connectivity index (χ2v) is 8.71.